The number of carbonyl (C=O) groups is 2. The van der Waals surface area contributed by atoms with Gasteiger partial charge in [-0.2, -0.15) is 5.26 Å². The van der Waals surface area contributed by atoms with Crippen LogP contribution in [0.5, 0.6) is 5.75 Å². The molecule has 2 aromatic carbocycles. The van der Waals surface area contributed by atoms with Crippen LogP contribution in [0.25, 0.3) is 11.6 Å². The molecule has 0 atom stereocenters. The summed E-state index contributed by atoms with van der Waals surface area (Å²) in [6.45, 7) is -0.0368. The van der Waals surface area contributed by atoms with E-state index in [1.165, 1.54) is 24.3 Å². The number of imide groups is 1. The Balaban J connectivity index is 2.05. The Morgan fingerprint density at radius 3 is 2.43 bits per heavy atom. The number of nitrogens with zero attached hydrogens (tertiary/aromatic N) is 2. The fourth-order valence-electron chi connectivity index (χ4n) is 2.65. The molecule has 3 rings (SSSR count). The highest BCUT2D eigenvalue weighted by molar-refractivity contribution is 6.28. The predicted molar refractivity (Wildman–Crippen MR) is 102 cm³/mol. The summed E-state index contributed by atoms with van der Waals surface area (Å²) in [5, 5.41) is 9.46. The van der Waals surface area contributed by atoms with Crippen molar-refractivity contribution in [2.45, 2.75) is 0 Å². The van der Waals surface area contributed by atoms with Gasteiger partial charge in [0.2, 0.25) is 0 Å². The van der Waals surface area contributed by atoms with Gasteiger partial charge >= 0.3 is 0 Å². The zero-order valence-corrected chi connectivity index (χ0v) is 14.6. The first-order valence-corrected chi connectivity index (χ1v) is 8.17. The molecule has 136 valence electrons. The number of halogens is 1. The van der Waals surface area contributed by atoms with E-state index >= 15 is 0 Å². The zero-order valence-electron chi connectivity index (χ0n) is 14.6. The van der Waals surface area contributed by atoms with Gasteiger partial charge < -0.3 is 4.74 Å². The number of nitriles is 1. The number of hydrogen-bond donors (Lipinski definition) is 0. The minimum absolute atomic E-state index is 0.0368. The Morgan fingerprint density at radius 2 is 1.82 bits per heavy atom. The lowest BCUT2D eigenvalue weighted by atomic mass is 10.0. The van der Waals surface area contributed by atoms with E-state index in [2.05, 4.69) is 12.0 Å². The van der Waals surface area contributed by atoms with E-state index in [1.807, 2.05) is 0 Å². The monoisotopic (exact) mass is 372 g/mol. The second kappa shape index (κ2) is 8.03. The maximum atomic E-state index is 13.1. The normalized spacial score (nSPS) is 13.4. The molecule has 6 heteroatoms. The highest BCUT2D eigenvalue weighted by atomic mass is 19.1. The molecule has 2 aromatic rings. The summed E-state index contributed by atoms with van der Waals surface area (Å²) in [6.07, 6.45) is 9.11. The Kier molecular flexibility index (Phi) is 5.34. The van der Waals surface area contributed by atoms with Gasteiger partial charge in [-0.15, -0.1) is 6.42 Å². The van der Waals surface area contributed by atoms with Crippen LogP contribution in [0.2, 0.25) is 0 Å². The number of amides is 2. The first kappa shape index (κ1) is 18.6. The van der Waals surface area contributed by atoms with Crippen molar-refractivity contribution in [1.82, 2.24) is 0 Å². The lowest BCUT2D eigenvalue weighted by molar-refractivity contribution is -0.120. The molecular formula is C22H13FN2O3. The predicted octanol–water partition coefficient (Wildman–Crippen LogP) is 3.33. The van der Waals surface area contributed by atoms with Crippen LogP contribution in [0.4, 0.5) is 10.1 Å². The summed E-state index contributed by atoms with van der Waals surface area (Å²) in [6, 6.07) is 12.3. The number of benzene rings is 2. The van der Waals surface area contributed by atoms with Gasteiger partial charge in [0.25, 0.3) is 11.8 Å². The van der Waals surface area contributed by atoms with Gasteiger partial charge in [-0.3, -0.25) is 9.59 Å². The summed E-state index contributed by atoms with van der Waals surface area (Å²) in [7, 11) is 0. The van der Waals surface area contributed by atoms with Crippen LogP contribution < -0.4 is 9.64 Å². The summed E-state index contributed by atoms with van der Waals surface area (Å²) < 4.78 is 18.6. The van der Waals surface area contributed by atoms with Crippen molar-refractivity contribution in [3.05, 3.63) is 71.6 Å². The fourth-order valence-corrected chi connectivity index (χ4v) is 2.65. The maximum Gasteiger partial charge on any atom is 0.258 e. The SMILES string of the molecule is C#CCOc1ccc(/C=C(\C#N)c2ccc(F)cc2)cc1N1C(=O)C=CC1=O. The van der Waals surface area contributed by atoms with E-state index in [0.29, 0.717) is 16.7 Å². The van der Waals surface area contributed by atoms with Crippen molar-refractivity contribution < 1.29 is 18.7 Å². The quantitative estimate of drug-likeness (QED) is 0.349. The molecule has 0 saturated heterocycles. The third kappa shape index (κ3) is 3.82. The van der Waals surface area contributed by atoms with Crippen LogP contribution in [-0.2, 0) is 9.59 Å². The van der Waals surface area contributed by atoms with Crippen LogP contribution in [0, 0.1) is 29.5 Å². The molecule has 0 bridgehead atoms. The van der Waals surface area contributed by atoms with E-state index in [9.17, 15) is 19.2 Å². The van der Waals surface area contributed by atoms with E-state index < -0.39 is 17.6 Å². The summed E-state index contributed by atoms with van der Waals surface area (Å²) in [5.41, 5.74) is 1.60. The van der Waals surface area contributed by atoms with Crippen LogP contribution in [0.1, 0.15) is 11.1 Å². The Morgan fingerprint density at radius 1 is 1.14 bits per heavy atom. The van der Waals surface area contributed by atoms with Gasteiger partial charge in [-0.25, -0.2) is 9.29 Å². The molecule has 28 heavy (non-hydrogen) atoms. The van der Waals surface area contributed by atoms with Crippen molar-refractivity contribution in [1.29, 1.82) is 5.26 Å². The van der Waals surface area contributed by atoms with E-state index in [0.717, 1.165) is 17.1 Å². The molecule has 0 aromatic heterocycles. The van der Waals surface area contributed by atoms with Gasteiger partial charge in [0.15, 0.2) is 0 Å². The highest BCUT2D eigenvalue weighted by Gasteiger charge is 2.28. The van der Waals surface area contributed by atoms with Gasteiger partial charge in [0.1, 0.15) is 18.2 Å². The van der Waals surface area contributed by atoms with E-state index in [4.69, 9.17) is 11.2 Å². The van der Waals surface area contributed by atoms with Crippen molar-refractivity contribution in [2.75, 3.05) is 11.5 Å². The summed E-state index contributed by atoms with van der Waals surface area (Å²) in [4.78, 5) is 25.1. The lowest BCUT2D eigenvalue weighted by Gasteiger charge is -2.18. The van der Waals surface area contributed by atoms with Crippen molar-refractivity contribution in [3.63, 3.8) is 0 Å². The smallest absolute Gasteiger partial charge is 0.258 e. The number of terminal acetylenes is 1. The zero-order chi connectivity index (χ0) is 20.1. The number of anilines is 1. The lowest BCUT2D eigenvalue weighted by Crippen LogP contribution is -2.30. The van der Waals surface area contributed by atoms with Gasteiger partial charge in [-0.05, 0) is 41.5 Å². The van der Waals surface area contributed by atoms with Crippen LogP contribution in [-0.4, -0.2) is 18.4 Å². The molecule has 0 saturated carbocycles. The first-order chi connectivity index (χ1) is 13.5. The van der Waals surface area contributed by atoms with Gasteiger partial charge in [-0.1, -0.05) is 24.1 Å². The minimum atomic E-state index is -0.504. The molecule has 5 nitrogen and oxygen atoms in total. The molecule has 1 aliphatic rings. The summed E-state index contributed by atoms with van der Waals surface area (Å²) >= 11 is 0. The molecule has 1 heterocycles. The Labute approximate surface area is 161 Å². The number of ether oxygens (including phenoxy) is 1. The molecule has 0 unspecified atom stereocenters. The Bertz CT molecular complexity index is 1070. The second-order valence-electron chi connectivity index (χ2n) is 5.74. The number of allylic oxidation sites excluding steroid dienone is 1. The average Bonchev–Trinajstić information content (AvgIpc) is 3.03. The Hall–Kier alpha value is -4.16. The number of rotatable bonds is 5. The number of carbonyl (C=O) groups excluding carboxylic acids is 2. The average molecular weight is 372 g/mol. The van der Waals surface area contributed by atoms with E-state index in [1.54, 1.807) is 24.3 Å². The maximum absolute atomic E-state index is 13.1. The van der Waals surface area contributed by atoms with Crippen LogP contribution >= 0.6 is 0 Å². The minimum Gasteiger partial charge on any atom is -0.479 e. The van der Waals surface area contributed by atoms with E-state index in [-0.39, 0.29) is 18.0 Å². The molecule has 0 spiro atoms. The first-order valence-electron chi connectivity index (χ1n) is 8.17. The van der Waals surface area contributed by atoms with Crippen molar-refractivity contribution >= 4 is 29.2 Å². The molecule has 0 aliphatic carbocycles. The van der Waals surface area contributed by atoms with Gasteiger partial charge in [0.05, 0.1) is 17.3 Å². The summed E-state index contributed by atoms with van der Waals surface area (Å²) in [5.74, 6) is 1.18. The standard InChI is InChI=1S/C22H13FN2O3/c1-2-11-28-20-8-3-15(13-19(20)25-21(26)9-10-22(25)27)12-17(14-24)16-4-6-18(23)7-5-16/h1,3-10,12-13H,11H2/b17-12+. The molecular weight excluding hydrogens is 359 g/mol. The van der Waals surface area contributed by atoms with Crippen LogP contribution in [0.3, 0.4) is 0 Å². The van der Waals surface area contributed by atoms with Crippen LogP contribution in [0.15, 0.2) is 54.6 Å². The van der Waals surface area contributed by atoms with Gasteiger partial charge in [0, 0.05) is 12.2 Å². The molecule has 0 fully saturated rings. The van der Waals surface area contributed by atoms with Crippen molar-refractivity contribution in [2.24, 2.45) is 0 Å². The van der Waals surface area contributed by atoms with Crippen molar-refractivity contribution in [3.8, 4) is 24.2 Å². The largest absolute Gasteiger partial charge is 0.479 e. The second-order valence-corrected chi connectivity index (χ2v) is 5.74. The molecule has 0 radical (unpaired) electrons. The highest BCUT2D eigenvalue weighted by Crippen LogP contribution is 2.33. The topological polar surface area (TPSA) is 70.4 Å². The molecule has 0 N–H and O–H groups in total. The molecule has 1 aliphatic heterocycles. The fraction of sp³-hybridized carbons (Fsp3) is 0.0455. The third-order valence-electron chi connectivity index (χ3n) is 3.93. The third-order valence-corrected chi connectivity index (χ3v) is 3.93. The number of hydrogen-bond acceptors (Lipinski definition) is 4. The molecule has 2 amide bonds.